The zero-order valence-corrected chi connectivity index (χ0v) is 10.6. The van der Waals surface area contributed by atoms with Gasteiger partial charge in [0.1, 0.15) is 0 Å². The molecule has 2 heteroatoms. The van der Waals surface area contributed by atoms with Gasteiger partial charge in [-0.25, -0.2) is 0 Å². The van der Waals surface area contributed by atoms with Crippen molar-refractivity contribution < 1.29 is 4.74 Å². The first-order chi connectivity index (χ1) is 7.18. The maximum absolute atomic E-state index is 5.85. The van der Waals surface area contributed by atoms with E-state index < -0.39 is 0 Å². The van der Waals surface area contributed by atoms with Crippen molar-refractivity contribution >= 4 is 0 Å². The summed E-state index contributed by atoms with van der Waals surface area (Å²) in [5.74, 6) is 1.66. The highest BCUT2D eigenvalue weighted by atomic mass is 16.5. The molecule has 1 fully saturated rings. The van der Waals surface area contributed by atoms with Gasteiger partial charge in [0.25, 0.3) is 0 Å². The molecule has 1 N–H and O–H groups in total. The minimum Gasteiger partial charge on any atom is -0.377 e. The van der Waals surface area contributed by atoms with Crippen LogP contribution in [0.2, 0.25) is 0 Å². The summed E-state index contributed by atoms with van der Waals surface area (Å²) >= 11 is 0. The first-order valence-corrected chi connectivity index (χ1v) is 6.50. The fraction of sp³-hybridized carbons (Fsp3) is 1.00. The quantitative estimate of drug-likeness (QED) is 0.685. The van der Waals surface area contributed by atoms with Crippen LogP contribution in [0.4, 0.5) is 0 Å². The molecule has 2 nitrogen and oxygen atoms in total. The highest BCUT2D eigenvalue weighted by Gasteiger charge is 2.17. The largest absolute Gasteiger partial charge is 0.377 e. The normalized spacial score (nSPS) is 27.2. The highest BCUT2D eigenvalue weighted by molar-refractivity contribution is 4.70. The van der Waals surface area contributed by atoms with Crippen LogP contribution in [0.15, 0.2) is 0 Å². The Kier molecular flexibility index (Phi) is 6.26. The van der Waals surface area contributed by atoms with Crippen molar-refractivity contribution in [1.82, 2.24) is 5.32 Å². The van der Waals surface area contributed by atoms with Crippen LogP contribution in [0, 0.1) is 11.8 Å². The molecule has 1 rings (SSSR count). The topological polar surface area (TPSA) is 21.3 Å². The summed E-state index contributed by atoms with van der Waals surface area (Å²) in [6.07, 6.45) is 5.78. The third-order valence-electron chi connectivity index (χ3n) is 3.15. The molecular formula is C13H27NO. The second-order valence-electron chi connectivity index (χ2n) is 5.35. The van der Waals surface area contributed by atoms with Crippen molar-refractivity contribution in [3.05, 3.63) is 0 Å². The smallest absolute Gasteiger partial charge is 0.0594 e. The van der Waals surface area contributed by atoms with E-state index in [4.69, 9.17) is 4.74 Å². The Morgan fingerprint density at radius 1 is 1.20 bits per heavy atom. The van der Waals surface area contributed by atoms with E-state index in [1.807, 2.05) is 0 Å². The van der Waals surface area contributed by atoms with Crippen molar-refractivity contribution in [2.45, 2.75) is 52.6 Å². The molecular weight excluding hydrogens is 186 g/mol. The summed E-state index contributed by atoms with van der Waals surface area (Å²) in [4.78, 5) is 0. The van der Waals surface area contributed by atoms with Crippen LogP contribution in [-0.4, -0.2) is 25.8 Å². The molecule has 15 heavy (non-hydrogen) atoms. The van der Waals surface area contributed by atoms with Gasteiger partial charge in [-0.05, 0) is 44.1 Å². The first-order valence-electron chi connectivity index (χ1n) is 6.50. The molecule has 0 heterocycles. The molecule has 0 saturated heterocycles. The minimum absolute atomic E-state index is 0.544. The molecule has 0 radical (unpaired) electrons. The summed E-state index contributed by atoms with van der Waals surface area (Å²) in [6, 6.07) is 0. The molecule has 0 bridgehead atoms. The molecule has 90 valence electrons. The van der Waals surface area contributed by atoms with Crippen molar-refractivity contribution in [2.24, 2.45) is 11.8 Å². The Morgan fingerprint density at radius 3 is 2.47 bits per heavy atom. The van der Waals surface area contributed by atoms with Gasteiger partial charge in [0.15, 0.2) is 0 Å². The van der Waals surface area contributed by atoms with Gasteiger partial charge in [0.05, 0.1) is 12.7 Å². The van der Waals surface area contributed by atoms with E-state index in [0.29, 0.717) is 6.10 Å². The predicted octanol–water partition coefficient (Wildman–Crippen LogP) is 2.83. The first kappa shape index (κ1) is 13.0. The molecule has 0 aliphatic heterocycles. The fourth-order valence-corrected chi connectivity index (χ4v) is 2.08. The molecule has 0 aromatic heterocycles. The van der Waals surface area contributed by atoms with Gasteiger partial charge in [0.2, 0.25) is 0 Å². The van der Waals surface area contributed by atoms with Crippen LogP contribution < -0.4 is 5.32 Å². The van der Waals surface area contributed by atoms with E-state index in [0.717, 1.165) is 31.5 Å². The van der Waals surface area contributed by atoms with Gasteiger partial charge in [-0.2, -0.15) is 0 Å². The van der Waals surface area contributed by atoms with Gasteiger partial charge in [0, 0.05) is 6.54 Å². The second-order valence-corrected chi connectivity index (χ2v) is 5.35. The molecule has 0 aromatic carbocycles. The lowest BCUT2D eigenvalue weighted by Gasteiger charge is -2.26. The van der Waals surface area contributed by atoms with E-state index in [2.05, 4.69) is 26.1 Å². The third kappa shape index (κ3) is 6.16. The summed E-state index contributed by atoms with van der Waals surface area (Å²) in [6.45, 7) is 9.80. The van der Waals surface area contributed by atoms with Gasteiger partial charge in [-0.1, -0.05) is 20.8 Å². The Labute approximate surface area is 94.8 Å². The lowest BCUT2D eigenvalue weighted by molar-refractivity contribution is 0.0215. The molecule has 0 atom stereocenters. The van der Waals surface area contributed by atoms with Crippen LogP contribution in [0.25, 0.3) is 0 Å². The van der Waals surface area contributed by atoms with Gasteiger partial charge in [-0.3, -0.25) is 0 Å². The van der Waals surface area contributed by atoms with Gasteiger partial charge >= 0.3 is 0 Å². The summed E-state index contributed by atoms with van der Waals surface area (Å²) < 4.78 is 5.85. The Bertz CT molecular complexity index is 151. The van der Waals surface area contributed by atoms with Crippen molar-refractivity contribution in [1.29, 1.82) is 0 Å². The van der Waals surface area contributed by atoms with Crippen LogP contribution in [0.3, 0.4) is 0 Å². The predicted molar refractivity (Wildman–Crippen MR) is 65.1 cm³/mol. The van der Waals surface area contributed by atoms with Crippen LogP contribution in [-0.2, 0) is 4.74 Å². The minimum atomic E-state index is 0.544. The fourth-order valence-electron chi connectivity index (χ4n) is 2.08. The molecule has 1 saturated carbocycles. The maximum Gasteiger partial charge on any atom is 0.0594 e. The Hall–Kier alpha value is -0.0800. The summed E-state index contributed by atoms with van der Waals surface area (Å²) in [5, 5.41) is 3.41. The third-order valence-corrected chi connectivity index (χ3v) is 3.15. The van der Waals surface area contributed by atoms with Crippen LogP contribution >= 0.6 is 0 Å². The lowest BCUT2D eigenvalue weighted by atomic mass is 9.89. The van der Waals surface area contributed by atoms with E-state index in [1.165, 1.54) is 25.7 Å². The number of ether oxygens (including phenoxy) is 1. The number of rotatable bonds is 6. The average molecular weight is 213 g/mol. The Balaban J connectivity index is 1.91. The summed E-state index contributed by atoms with van der Waals surface area (Å²) in [5.41, 5.74) is 0. The number of nitrogens with one attached hydrogen (secondary N) is 1. The highest BCUT2D eigenvalue weighted by Crippen LogP contribution is 2.25. The molecule has 0 unspecified atom stereocenters. The molecule has 0 spiro atoms. The Morgan fingerprint density at radius 2 is 1.87 bits per heavy atom. The zero-order chi connectivity index (χ0) is 11.1. The van der Waals surface area contributed by atoms with Crippen LogP contribution in [0.5, 0.6) is 0 Å². The number of hydrogen-bond donors (Lipinski definition) is 1. The van der Waals surface area contributed by atoms with E-state index in [1.54, 1.807) is 0 Å². The summed E-state index contributed by atoms with van der Waals surface area (Å²) in [7, 11) is 0. The molecule has 1 aliphatic carbocycles. The van der Waals surface area contributed by atoms with Crippen molar-refractivity contribution in [3.63, 3.8) is 0 Å². The van der Waals surface area contributed by atoms with E-state index in [9.17, 15) is 0 Å². The van der Waals surface area contributed by atoms with E-state index >= 15 is 0 Å². The number of hydrogen-bond acceptors (Lipinski definition) is 2. The lowest BCUT2D eigenvalue weighted by Crippen LogP contribution is -2.27. The molecule has 1 aliphatic rings. The molecule has 0 aromatic rings. The van der Waals surface area contributed by atoms with Gasteiger partial charge < -0.3 is 10.1 Å². The standard InChI is InChI=1S/C13H27NO/c1-11(2)10-14-8-9-15-13-6-4-12(3)5-7-13/h11-14H,4-10H2,1-3H3. The maximum atomic E-state index is 5.85. The van der Waals surface area contributed by atoms with Crippen molar-refractivity contribution in [3.8, 4) is 0 Å². The van der Waals surface area contributed by atoms with Crippen molar-refractivity contribution in [2.75, 3.05) is 19.7 Å². The van der Waals surface area contributed by atoms with Gasteiger partial charge in [-0.15, -0.1) is 0 Å². The van der Waals surface area contributed by atoms with Crippen LogP contribution in [0.1, 0.15) is 46.5 Å². The second kappa shape index (κ2) is 7.24. The van der Waals surface area contributed by atoms with E-state index in [-0.39, 0.29) is 0 Å². The monoisotopic (exact) mass is 213 g/mol. The SMILES string of the molecule is CC(C)CNCCOC1CCC(C)CC1. The average Bonchev–Trinajstić information content (AvgIpc) is 2.20. The zero-order valence-electron chi connectivity index (χ0n) is 10.6. The molecule has 0 amide bonds.